The molecular formula is C20H15ClF3NO5. The van der Waals surface area contributed by atoms with Gasteiger partial charge in [0.05, 0.1) is 28.3 Å². The number of nitriles is 1. The van der Waals surface area contributed by atoms with Crippen LogP contribution in [0.15, 0.2) is 30.3 Å². The monoisotopic (exact) mass is 441 g/mol. The summed E-state index contributed by atoms with van der Waals surface area (Å²) in [5.74, 6) is -1.21. The Hall–Kier alpha value is -3.25. The number of hydrogen-bond donors (Lipinski definition) is 0. The van der Waals surface area contributed by atoms with Crippen LogP contribution in [0, 0.1) is 11.3 Å². The molecule has 158 valence electrons. The van der Waals surface area contributed by atoms with E-state index < -0.39 is 23.9 Å². The molecule has 0 amide bonds. The van der Waals surface area contributed by atoms with Crippen LogP contribution in [0.1, 0.15) is 40.9 Å². The molecule has 0 saturated carbocycles. The lowest BCUT2D eigenvalue weighted by Crippen LogP contribution is -2.16. The van der Waals surface area contributed by atoms with Gasteiger partial charge in [-0.15, -0.1) is 0 Å². The van der Waals surface area contributed by atoms with Crippen LogP contribution < -0.4 is 4.74 Å². The maximum Gasteiger partial charge on any atom is 0.516 e. The Labute approximate surface area is 174 Å². The fourth-order valence-corrected chi connectivity index (χ4v) is 2.69. The average molecular weight is 442 g/mol. The molecule has 0 heterocycles. The van der Waals surface area contributed by atoms with E-state index in [1.54, 1.807) is 6.92 Å². The lowest BCUT2D eigenvalue weighted by Gasteiger charge is -2.14. The highest BCUT2D eigenvalue weighted by atomic mass is 35.5. The van der Waals surface area contributed by atoms with Crippen LogP contribution in [0.5, 0.6) is 11.5 Å². The van der Waals surface area contributed by atoms with Gasteiger partial charge in [-0.05, 0) is 49.2 Å². The molecule has 30 heavy (non-hydrogen) atoms. The van der Waals surface area contributed by atoms with E-state index in [0.717, 1.165) is 18.2 Å². The second-order valence-electron chi connectivity index (χ2n) is 5.79. The fourth-order valence-electron chi connectivity index (χ4n) is 2.47. The maximum absolute atomic E-state index is 12.8. The number of hydrogen-bond acceptors (Lipinski definition) is 6. The summed E-state index contributed by atoms with van der Waals surface area (Å²) < 4.78 is 53.0. The lowest BCUT2D eigenvalue weighted by atomic mass is 9.99. The molecule has 0 aliphatic heterocycles. The second kappa shape index (κ2) is 9.50. The van der Waals surface area contributed by atoms with Crippen LogP contribution in [0.25, 0.3) is 0 Å². The van der Waals surface area contributed by atoms with Gasteiger partial charge in [-0.25, -0.2) is 9.59 Å². The Kier molecular flexibility index (Phi) is 7.29. The standard InChI is InChI=1S/C20H15ClF3NO5/c1-3-11-7-13(29-17-6-5-12(8-16(17)21)20(22,23)24)9-14(15(11)10-25)18(26)30-19(27)28-4-2/h5-9H,3-4H2,1-2H3. The minimum Gasteiger partial charge on any atom is -0.456 e. The molecule has 0 N–H and O–H groups in total. The molecule has 0 atom stereocenters. The molecule has 0 aliphatic carbocycles. The third-order valence-electron chi connectivity index (χ3n) is 3.83. The number of nitrogens with zero attached hydrogens (tertiary/aromatic N) is 1. The molecule has 0 saturated heterocycles. The van der Waals surface area contributed by atoms with E-state index in [1.165, 1.54) is 13.0 Å². The highest BCUT2D eigenvalue weighted by Crippen LogP contribution is 2.37. The maximum atomic E-state index is 12.8. The van der Waals surface area contributed by atoms with Gasteiger partial charge >= 0.3 is 18.3 Å². The smallest absolute Gasteiger partial charge is 0.456 e. The molecule has 2 aromatic carbocycles. The van der Waals surface area contributed by atoms with Gasteiger partial charge in [0.2, 0.25) is 0 Å². The topological polar surface area (TPSA) is 85.6 Å². The number of halogens is 4. The number of carbonyl (C=O) groups is 2. The second-order valence-corrected chi connectivity index (χ2v) is 6.20. The molecular weight excluding hydrogens is 427 g/mol. The SMILES string of the molecule is CCOC(=O)OC(=O)c1cc(Oc2ccc(C(F)(F)F)cc2Cl)cc(CC)c1C#N. The first-order valence-electron chi connectivity index (χ1n) is 8.61. The summed E-state index contributed by atoms with van der Waals surface area (Å²) in [4.78, 5) is 23.7. The van der Waals surface area contributed by atoms with Crippen LogP contribution >= 0.6 is 11.6 Å². The number of alkyl halides is 3. The summed E-state index contributed by atoms with van der Waals surface area (Å²) in [6.45, 7) is 3.21. The van der Waals surface area contributed by atoms with E-state index in [2.05, 4.69) is 9.47 Å². The van der Waals surface area contributed by atoms with Crippen LogP contribution in [0.2, 0.25) is 5.02 Å². The molecule has 0 bridgehead atoms. The van der Waals surface area contributed by atoms with Crippen molar-refractivity contribution in [3.8, 4) is 17.6 Å². The zero-order valence-corrected chi connectivity index (χ0v) is 16.6. The Morgan fingerprint density at radius 3 is 2.40 bits per heavy atom. The van der Waals surface area contributed by atoms with Crippen LogP contribution in [-0.4, -0.2) is 18.7 Å². The van der Waals surface area contributed by atoms with Gasteiger partial charge in [-0.1, -0.05) is 18.5 Å². The van der Waals surface area contributed by atoms with E-state index in [0.29, 0.717) is 18.1 Å². The van der Waals surface area contributed by atoms with Crippen molar-refractivity contribution in [3.05, 3.63) is 57.6 Å². The van der Waals surface area contributed by atoms with E-state index in [-0.39, 0.29) is 34.3 Å². The summed E-state index contributed by atoms with van der Waals surface area (Å²) in [6, 6.07) is 6.97. The summed E-state index contributed by atoms with van der Waals surface area (Å²) in [7, 11) is 0. The first-order chi connectivity index (χ1) is 14.1. The van der Waals surface area contributed by atoms with Crippen molar-refractivity contribution in [2.45, 2.75) is 26.4 Å². The van der Waals surface area contributed by atoms with Crippen molar-refractivity contribution in [2.24, 2.45) is 0 Å². The molecule has 0 aromatic heterocycles. The van der Waals surface area contributed by atoms with Gasteiger partial charge in [-0.2, -0.15) is 18.4 Å². The fraction of sp³-hybridized carbons (Fsp3) is 0.250. The van der Waals surface area contributed by atoms with Crippen molar-refractivity contribution >= 4 is 23.7 Å². The van der Waals surface area contributed by atoms with Crippen molar-refractivity contribution in [2.75, 3.05) is 6.61 Å². The molecule has 0 spiro atoms. The van der Waals surface area contributed by atoms with Crippen LogP contribution in [0.3, 0.4) is 0 Å². The Bertz CT molecular complexity index is 1010. The van der Waals surface area contributed by atoms with Crippen LogP contribution in [0.4, 0.5) is 18.0 Å². The third kappa shape index (κ3) is 5.42. The molecule has 0 unspecified atom stereocenters. The van der Waals surface area contributed by atoms with Crippen molar-refractivity contribution in [3.63, 3.8) is 0 Å². The van der Waals surface area contributed by atoms with E-state index in [4.69, 9.17) is 16.3 Å². The van der Waals surface area contributed by atoms with Gasteiger partial charge in [0.15, 0.2) is 0 Å². The number of carbonyl (C=O) groups excluding carboxylic acids is 2. The summed E-state index contributed by atoms with van der Waals surface area (Å²) >= 11 is 5.89. The molecule has 6 nitrogen and oxygen atoms in total. The minimum atomic E-state index is -4.57. The molecule has 0 aliphatic rings. The predicted molar refractivity (Wildman–Crippen MR) is 99.5 cm³/mol. The number of esters is 1. The summed E-state index contributed by atoms with van der Waals surface area (Å²) in [6.07, 6.45) is -5.49. The van der Waals surface area contributed by atoms with Crippen molar-refractivity contribution in [1.29, 1.82) is 5.26 Å². The highest BCUT2D eigenvalue weighted by Gasteiger charge is 2.31. The highest BCUT2D eigenvalue weighted by molar-refractivity contribution is 6.32. The van der Waals surface area contributed by atoms with Crippen LogP contribution in [-0.2, 0) is 22.1 Å². The molecule has 10 heteroatoms. The van der Waals surface area contributed by atoms with Crippen molar-refractivity contribution in [1.82, 2.24) is 0 Å². The van der Waals surface area contributed by atoms with E-state index in [9.17, 15) is 28.0 Å². The first-order valence-corrected chi connectivity index (χ1v) is 8.99. The predicted octanol–water partition coefficient (Wildman–Crippen LogP) is 5.90. The molecule has 0 radical (unpaired) electrons. The van der Waals surface area contributed by atoms with Gasteiger partial charge in [-0.3, -0.25) is 0 Å². The largest absolute Gasteiger partial charge is 0.516 e. The lowest BCUT2D eigenvalue weighted by molar-refractivity contribution is -0.137. The minimum absolute atomic E-state index is 0.0170. The number of ether oxygens (including phenoxy) is 3. The summed E-state index contributed by atoms with van der Waals surface area (Å²) in [5.41, 5.74) is -0.845. The number of benzene rings is 2. The van der Waals surface area contributed by atoms with Gasteiger partial charge in [0.1, 0.15) is 17.6 Å². The van der Waals surface area contributed by atoms with Gasteiger partial charge in [0, 0.05) is 0 Å². The zero-order chi connectivity index (χ0) is 22.5. The quantitative estimate of drug-likeness (QED) is 0.424. The summed E-state index contributed by atoms with van der Waals surface area (Å²) in [5, 5.41) is 9.10. The molecule has 0 fully saturated rings. The molecule has 2 rings (SSSR count). The average Bonchev–Trinajstić information content (AvgIpc) is 2.68. The van der Waals surface area contributed by atoms with Gasteiger partial charge in [0.25, 0.3) is 0 Å². The Morgan fingerprint density at radius 2 is 1.87 bits per heavy atom. The van der Waals surface area contributed by atoms with E-state index in [1.807, 2.05) is 6.07 Å². The zero-order valence-electron chi connectivity index (χ0n) is 15.8. The van der Waals surface area contributed by atoms with Gasteiger partial charge < -0.3 is 14.2 Å². The Balaban J connectivity index is 2.43. The number of rotatable bonds is 5. The van der Waals surface area contributed by atoms with E-state index >= 15 is 0 Å². The normalized spacial score (nSPS) is 10.8. The van der Waals surface area contributed by atoms with Crippen molar-refractivity contribution < 1.29 is 37.0 Å². The first kappa shape index (κ1) is 23.0. The third-order valence-corrected chi connectivity index (χ3v) is 4.13. The number of aryl methyl sites for hydroxylation is 1. The molecule has 2 aromatic rings. The Morgan fingerprint density at radius 1 is 1.17 bits per heavy atom.